The van der Waals surface area contributed by atoms with E-state index in [9.17, 15) is 13.2 Å². The number of nitrogens with one attached hydrogen (secondary N) is 1. The number of anilines is 1. The standard InChI is InChI=1S/C20H30N2O4S/c1-15-6-5-7-16(2)22(15)27(24,25)19-12-10-17(11-13-19)21-20(23)14-26-18-8-3-4-9-18/h10-13,15-16,18H,3-9,14H2,1-2H3,(H,21,23)/t15-,16+. The maximum absolute atomic E-state index is 13.0. The molecular formula is C20H30N2O4S. The van der Waals surface area contributed by atoms with Gasteiger partial charge in [-0.05, 0) is 63.8 Å². The first kappa shape index (κ1) is 20.3. The first-order valence-corrected chi connectivity index (χ1v) is 11.4. The molecule has 0 bridgehead atoms. The fraction of sp³-hybridized carbons (Fsp3) is 0.650. The number of carbonyl (C=O) groups is 1. The quantitative estimate of drug-likeness (QED) is 0.801. The molecule has 7 heteroatoms. The molecule has 1 amide bonds. The average Bonchev–Trinajstić information content (AvgIpc) is 3.14. The van der Waals surface area contributed by atoms with Gasteiger partial charge in [0.05, 0.1) is 11.0 Å². The number of sulfonamides is 1. The molecule has 1 aliphatic carbocycles. The van der Waals surface area contributed by atoms with Crippen LogP contribution in [0.25, 0.3) is 0 Å². The molecule has 1 saturated heterocycles. The van der Waals surface area contributed by atoms with E-state index in [1.54, 1.807) is 28.6 Å². The van der Waals surface area contributed by atoms with Crippen molar-refractivity contribution < 1.29 is 17.9 Å². The number of benzene rings is 1. The van der Waals surface area contributed by atoms with Crippen molar-refractivity contribution in [2.45, 2.75) is 81.9 Å². The number of hydrogen-bond donors (Lipinski definition) is 1. The first-order valence-electron chi connectivity index (χ1n) is 9.93. The predicted octanol–water partition coefficient (Wildman–Crippen LogP) is 3.54. The van der Waals surface area contributed by atoms with Crippen molar-refractivity contribution in [1.82, 2.24) is 4.31 Å². The van der Waals surface area contributed by atoms with Crippen LogP contribution in [0, 0.1) is 0 Å². The number of carbonyl (C=O) groups excluding carboxylic acids is 1. The van der Waals surface area contributed by atoms with Gasteiger partial charge in [0.15, 0.2) is 0 Å². The monoisotopic (exact) mass is 394 g/mol. The minimum Gasteiger partial charge on any atom is -0.368 e. The molecule has 1 saturated carbocycles. The maximum atomic E-state index is 13.0. The van der Waals surface area contributed by atoms with Crippen LogP contribution in [0.5, 0.6) is 0 Å². The van der Waals surface area contributed by atoms with Crippen molar-refractivity contribution in [3.8, 4) is 0 Å². The smallest absolute Gasteiger partial charge is 0.250 e. The molecule has 0 spiro atoms. The number of hydrogen-bond acceptors (Lipinski definition) is 4. The molecule has 27 heavy (non-hydrogen) atoms. The molecule has 3 rings (SSSR count). The van der Waals surface area contributed by atoms with E-state index in [4.69, 9.17) is 4.74 Å². The Labute approximate surface area is 162 Å². The Kier molecular flexibility index (Phi) is 6.55. The topological polar surface area (TPSA) is 75.7 Å². The van der Waals surface area contributed by atoms with Crippen LogP contribution in [-0.4, -0.2) is 43.4 Å². The van der Waals surface area contributed by atoms with Crippen molar-refractivity contribution >= 4 is 21.6 Å². The van der Waals surface area contributed by atoms with Crippen molar-refractivity contribution in [2.24, 2.45) is 0 Å². The van der Waals surface area contributed by atoms with Gasteiger partial charge in [0.25, 0.3) is 0 Å². The first-order chi connectivity index (χ1) is 12.9. The van der Waals surface area contributed by atoms with Crippen LogP contribution in [0.4, 0.5) is 5.69 Å². The number of amides is 1. The molecule has 1 N–H and O–H groups in total. The SMILES string of the molecule is C[C@@H]1CCC[C@H](C)N1S(=O)(=O)c1ccc(NC(=O)COC2CCCC2)cc1. The number of ether oxygens (including phenoxy) is 1. The van der Waals surface area contributed by atoms with Crippen molar-refractivity contribution in [1.29, 1.82) is 0 Å². The number of rotatable bonds is 6. The third-order valence-corrected chi connectivity index (χ3v) is 7.72. The lowest BCUT2D eigenvalue weighted by atomic mass is 10.0. The highest BCUT2D eigenvalue weighted by Gasteiger charge is 2.35. The summed E-state index contributed by atoms with van der Waals surface area (Å²) < 4.78 is 33.2. The second-order valence-electron chi connectivity index (χ2n) is 7.75. The summed E-state index contributed by atoms with van der Waals surface area (Å²) in [6.45, 7) is 3.96. The Morgan fingerprint density at radius 1 is 1.04 bits per heavy atom. The van der Waals surface area contributed by atoms with Crippen LogP contribution in [0.2, 0.25) is 0 Å². The van der Waals surface area contributed by atoms with Crippen LogP contribution >= 0.6 is 0 Å². The summed E-state index contributed by atoms with van der Waals surface area (Å²) in [7, 11) is -3.53. The van der Waals surface area contributed by atoms with Crippen molar-refractivity contribution in [3.05, 3.63) is 24.3 Å². The Balaban J connectivity index is 1.61. The molecule has 1 heterocycles. The molecule has 6 nitrogen and oxygen atoms in total. The van der Waals surface area contributed by atoms with Gasteiger partial charge in [-0.15, -0.1) is 0 Å². The van der Waals surface area contributed by atoms with E-state index in [1.165, 1.54) is 0 Å². The van der Waals surface area contributed by atoms with Crippen LogP contribution in [-0.2, 0) is 19.6 Å². The summed E-state index contributed by atoms with van der Waals surface area (Å²) >= 11 is 0. The maximum Gasteiger partial charge on any atom is 0.250 e. The second kappa shape index (κ2) is 8.71. The molecule has 2 fully saturated rings. The van der Waals surface area contributed by atoms with Crippen molar-refractivity contribution in [3.63, 3.8) is 0 Å². The second-order valence-corrected chi connectivity index (χ2v) is 9.60. The molecule has 2 aliphatic rings. The normalized spacial score (nSPS) is 24.8. The lowest BCUT2D eigenvalue weighted by molar-refractivity contribution is -0.122. The van der Waals surface area contributed by atoms with E-state index < -0.39 is 10.0 Å². The van der Waals surface area contributed by atoms with E-state index >= 15 is 0 Å². The van der Waals surface area contributed by atoms with Gasteiger partial charge in [-0.1, -0.05) is 19.3 Å². The van der Waals surface area contributed by atoms with Gasteiger partial charge in [0.1, 0.15) is 6.61 Å². The van der Waals surface area contributed by atoms with Gasteiger partial charge in [0.2, 0.25) is 15.9 Å². The Morgan fingerprint density at radius 3 is 2.22 bits per heavy atom. The zero-order valence-electron chi connectivity index (χ0n) is 16.2. The third kappa shape index (κ3) is 4.89. The van der Waals surface area contributed by atoms with Gasteiger partial charge in [-0.3, -0.25) is 4.79 Å². The minimum absolute atomic E-state index is 0.00543. The Morgan fingerprint density at radius 2 is 1.63 bits per heavy atom. The lowest BCUT2D eigenvalue weighted by Gasteiger charge is -2.37. The molecule has 1 aromatic rings. The van der Waals surface area contributed by atoms with E-state index in [-0.39, 0.29) is 35.6 Å². The zero-order chi connectivity index (χ0) is 19.4. The van der Waals surface area contributed by atoms with E-state index in [0.29, 0.717) is 5.69 Å². The van der Waals surface area contributed by atoms with Gasteiger partial charge in [-0.2, -0.15) is 4.31 Å². The summed E-state index contributed by atoms with van der Waals surface area (Å²) in [5.74, 6) is -0.212. The van der Waals surface area contributed by atoms with Gasteiger partial charge in [0, 0.05) is 17.8 Å². The molecule has 1 aromatic carbocycles. The molecule has 1 aliphatic heterocycles. The zero-order valence-corrected chi connectivity index (χ0v) is 17.0. The van der Waals surface area contributed by atoms with Crippen LogP contribution < -0.4 is 5.32 Å². The van der Waals surface area contributed by atoms with Gasteiger partial charge < -0.3 is 10.1 Å². The summed E-state index contributed by atoms with van der Waals surface area (Å²) in [5, 5.41) is 2.77. The van der Waals surface area contributed by atoms with Crippen LogP contribution in [0.3, 0.4) is 0 Å². The van der Waals surface area contributed by atoms with Crippen molar-refractivity contribution in [2.75, 3.05) is 11.9 Å². The molecule has 0 radical (unpaired) electrons. The van der Waals surface area contributed by atoms with Gasteiger partial charge >= 0.3 is 0 Å². The predicted molar refractivity (Wildman–Crippen MR) is 105 cm³/mol. The summed E-state index contributed by atoms with van der Waals surface area (Å²) in [4.78, 5) is 12.3. The van der Waals surface area contributed by atoms with Gasteiger partial charge in [-0.25, -0.2) is 8.42 Å². The lowest BCUT2D eigenvalue weighted by Crippen LogP contribution is -2.47. The summed E-state index contributed by atoms with van der Waals surface area (Å²) in [5.41, 5.74) is 0.578. The summed E-state index contributed by atoms with van der Waals surface area (Å²) in [6, 6.07) is 6.42. The molecule has 150 valence electrons. The number of piperidine rings is 1. The highest BCUT2D eigenvalue weighted by atomic mass is 32.2. The fourth-order valence-electron chi connectivity index (χ4n) is 4.15. The molecule has 0 unspecified atom stereocenters. The third-order valence-electron chi connectivity index (χ3n) is 5.58. The number of nitrogens with zero attached hydrogens (tertiary/aromatic N) is 1. The van der Waals surface area contributed by atoms with Crippen LogP contribution in [0.15, 0.2) is 29.2 Å². The highest BCUT2D eigenvalue weighted by Crippen LogP contribution is 2.30. The fourth-order valence-corrected chi connectivity index (χ4v) is 6.03. The Hall–Kier alpha value is -1.44. The Bertz CT molecular complexity index is 732. The van der Waals surface area contributed by atoms with Crippen LogP contribution in [0.1, 0.15) is 58.8 Å². The highest BCUT2D eigenvalue weighted by molar-refractivity contribution is 7.89. The van der Waals surface area contributed by atoms with E-state index in [0.717, 1.165) is 44.9 Å². The minimum atomic E-state index is -3.53. The van der Waals surface area contributed by atoms with E-state index in [2.05, 4.69) is 5.32 Å². The van der Waals surface area contributed by atoms with E-state index in [1.807, 2.05) is 13.8 Å². The largest absolute Gasteiger partial charge is 0.368 e. The summed E-state index contributed by atoms with van der Waals surface area (Å²) in [6.07, 6.45) is 7.39. The molecule has 0 aromatic heterocycles. The average molecular weight is 395 g/mol. The molecular weight excluding hydrogens is 364 g/mol. The molecule has 2 atom stereocenters.